The summed E-state index contributed by atoms with van der Waals surface area (Å²) in [5, 5.41) is 0. The van der Waals surface area contributed by atoms with E-state index >= 15 is 0 Å². The van der Waals surface area contributed by atoms with Crippen molar-refractivity contribution in [1.29, 1.82) is 0 Å². The summed E-state index contributed by atoms with van der Waals surface area (Å²) in [6, 6.07) is 10.3. The van der Waals surface area contributed by atoms with Gasteiger partial charge in [0.05, 0.1) is 5.56 Å². The predicted octanol–water partition coefficient (Wildman–Crippen LogP) is 8.44. The van der Waals surface area contributed by atoms with E-state index in [1.807, 2.05) is 6.07 Å². The zero-order valence-corrected chi connectivity index (χ0v) is 22.2. The average molecular weight is 582 g/mol. The zero-order valence-electron chi connectivity index (χ0n) is 22.2. The summed E-state index contributed by atoms with van der Waals surface area (Å²) < 4.78 is 103. The lowest BCUT2D eigenvalue weighted by molar-refractivity contribution is -0.187. The van der Waals surface area contributed by atoms with Crippen LogP contribution in [0.25, 0.3) is 0 Å². The maximum absolute atomic E-state index is 14.8. The highest BCUT2D eigenvalue weighted by molar-refractivity contribution is 5.46. The van der Waals surface area contributed by atoms with Crippen LogP contribution in [0.2, 0.25) is 0 Å². The van der Waals surface area contributed by atoms with Crippen molar-refractivity contribution in [2.45, 2.75) is 38.7 Å². The molecule has 1 aromatic heterocycles. The molecule has 0 saturated heterocycles. The van der Waals surface area contributed by atoms with Gasteiger partial charge in [-0.25, -0.2) is 26.9 Å². The van der Waals surface area contributed by atoms with Crippen molar-refractivity contribution in [3.05, 3.63) is 129 Å². The third-order valence-corrected chi connectivity index (χ3v) is 6.02. The molecule has 42 heavy (non-hydrogen) atoms. The third-order valence-electron chi connectivity index (χ3n) is 6.02. The minimum absolute atomic E-state index is 0.135. The minimum atomic E-state index is -4.17. The number of alkyl halides is 2. The summed E-state index contributed by atoms with van der Waals surface area (Å²) in [6.45, 7) is 2.12. The molecule has 9 heteroatoms. The van der Waals surface area contributed by atoms with Gasteiger partial charge in [-0.05, 0) is 72.9 Å². The highest BCUT2D eigenvalue weighted by atomic mass is 19.3. The Hall–Kier alpha value is -4.76. The number of rotatable bonds is 7. The number of benzene rings is 3. The SMILES string of the molecule is CCCCCc1ccc(C#Cc2ccc(C(F)(F)Oc3ccc(C#Cc4cc(F)c(F)c(F)c4)c(F)c3)c(F)c2)nc1. The van der Waals surface area contributed by atoms with E-state index in [1.54, 1.807) is 12.3 Å². The predicted molar refractivity (Wildman–Crippen MR) is 143 cm³/mol. The Morgan fingerprint density at radius 3 is 2.07 bits per heavy atom. The van der Waals surface area contributed by atoms with Gasteiger partial charge in [-0.3, -0.25) is 0 Å². The van der Waals surface area contributed by atoms with E-state index in [1.165, 1.54) is 6.07 Å². The average Bonchev–Trinajstić information content (AvgIpc) is 2.95. The molecule has 4 rings (SSSR count). The fraction of sp³-hybridized carbons (Fsp3) is 0.182. The smallest absolute Gasteiger partial charge is 0.429 e. The summed E-state index contributed by atoms with van der Waals surface area (Å²) in [7, 11) is 0. The summed E-state index contributed by atoms with van der Waals surface area (Å²) in [5.74, 6) is 2.36. The van der Waals surface area contributed by atoms with Crippen LogP contribution in [0.4, 0.5) is 30.7 Å². The zero-order chi connectivity index (χ0) is 30.3. The van der Waals surface area contributed by atoms with E-state index in [0.717, 1.165) is 55.5 Å². The molecule has 0 fully saturated rings. The number of nitrogens with zero attached hydrogens (tertiary/aromatic N) is 1. The molecule has 4 aromatic rings. The highest BCUT2D eigenvalue weighted by Gasteiger charge is 2.37. The lowest BCUT2D eigenvalue weighted by Gasteiger charge is -2.19. The molecule has 0 aliphatic rings. The molecule has 0 bridgehead atoms. The van der Waals surface area contributed by atoms with Crippen molar-refractivity contribution >= 4 is 0 Å². The lowest BCUT2D eigenvalue weighted by atomic mass is 10.1. The Kier molecular flexibility index (Phi) is 9.54. The van der Waals surface area contributed by atoms with Gasteiger partial charge in [0.25, 0.3) is 0 Å². The van der Waals surface area contributed by atoms with Crippen LogP contribution < -0.4 is 4.74 Å². The first-order valence-electron chi connectivity index (χ1n) is 12.9. The number of ether oxygens (including phenoxy) is 1. The molecule has 0 aliphatic carbocycles. The molecular formula is C33H22F7NO. The number of hydrogen-bond donors (Lipinski definition) is 0. The number of aryl methyl sites for hydroxylation is 1. The summed E-state index contributed by atoms with van der Waals surface area (Å²) in [6.07, 6.45) is 1.75. The minimum Gasteiger partial charge on any atom is -0.429 e. The molecule has 1 heterocycles. The quantitative estimate of drug-likeness (QED) is 0.0946. The summed E-state index contributed by atoms with van der Waals surface area (Å²) in [5.41, 5.74) is -0.0196. The second-order valence-corrected chi connectivity index (χ2v) is 9.22. The number of hydrogen-bond acceptors (Lipinski definition) is 2. The Bertz CT molecular complexity index is 1690. The molecule has 0 atom stereocenters. The monoisotopic (exact) mass is 581 g/mol. The van der Waals surface area contributed by atoms with Crippen molar-refractivity contribution in [1.82, 2.24) is 4.98 Å². The maximum atomic E-state index is 14.8. The van der Waals surface area contributed by atoms with Crippen LogP contribution >= 0.6 is 0 Å². The third kappa shape index (κ3) is 7.70. The van der Waals surface area contributed by atoms with Gasteiger partial charge in [0.1, 0.15) is 28.6 Å². The van der Waals surface area contributed by atoms with Crippen LogP contribution in [0.5, 0.6) is 5.75 Å². The van der Waals surface area contributed by atoms with Crippen molar-refractivity contribution in [2.24, 2.45) is 0 Å². The molecule has 3 aromatic carbocycles. The first-order valence-corrected chi connectivity index (χ1v) is 12.9. The van der Waals surface area contributed by atoms with Crippen LogP contribution in [0.1, 0.15) is 59.7 Å². The van der Waals surface area contributed by atoms with E-state index < -0.39 is 46.5 Å². The Morgan fingerprint density at radius 1 is 0.714 bits per heavy atom. The Morgan fingerprint density at radius 2 is 1.43 bits per heavy atom. The molecule has 0 radical (unpaired) electrons. The summed E-state index contributed by atoms with van der Waals surface area (Å²) in [4.78, 5) is 4.26. The largest absolute Gasteiger partial charge is 0.429 e. The standard InChI is InChI=1S/C33H22F7NO/c1-2-3-4-5-22-8-13-25(41-20-22)12-7-21-9-15-27(29(35)16-21)33(39,40)42-26-14-11-24(28(34)19-26)10-6-23-17-30(36)32(38)31(37)18-23/h8-9,11,13-20H,2-5H2,1H3. The van der Waals surface area contributed by atoms with Crippen molar-refractivity contribution in [3.8, 4) is 29.4 Å². The van der Waals surface area contributed by atoms with Crippen LogP contribution in [-0.2, 0) is 12.5 Å². The van der Waals surface area contributed by atoms with Gasteiger partial charge in [-0.1, -0.05) is 43.6 Å². The molecule has 2 nitrogen and oxygen atoms in total. The number of aromatic nitrogens is 1. The van der Waals surface area contributed by atoms with Gasteiger partial charge >= 0.3 is 6.11 Å². The molecule has 0 aliphatic heterocycles. The van der Waals surface area contributed by atoms with E-state index in [-0.39, 0.29) is 16.7 Å². The van der Waals surface area contributed by atoms with Gasteiger partial charge in [0.15, 0.2) is 17.5 Å². The molecule has 0 spiro atoms. The van der Waals surface area contributed by atoms with E-state index in [2.05, 4.69) is 40.3 Å². The van der Waals surface area contributed by atoms with Gasteiger partial charge in [0.2, 0.25) is 0 Å². The van der Waals surface area contributed by atoms with Gasteiger partial charge in [0, 0.05) is 23.4 Å². The Balaban J connectivity index is 1.45. The lowest BCUT2D eigenvalue weighted by Crippen LogP contribution is -2.23. The fourth-order valence-electron chi connectivity index (χ4n) is 3.82. The van der Waals surface area contributed by atoms with Crippen LogP contribution in [0, 0.1) is 52.8 Å². The molecule has 214 valence electrons. The second kappa shape index (κ2) is 13.3. The van der Waals surface area contributed by atoms with E-state index in [4.69, 9.17) is 0 Å². The number of halogens is 7. The van der Waals surface area contributed by atoms with Gasteiger partial charge in [-0.2, -0.15) is 8.78 Å². The van der Waals surface area contributed by atoms with Crippen molar-refractivity contribution < 1.29 is 35.5 Å². The Labute approximate surface area is 238 Å². The van der Waals surface area contributed by atoms with Crippen molar-refractivity contribution in [3.63, 3.8) is 0 Å². The molecule has 0 unspecified atom stereocenters. The van der Waals surface area contributed by atoms with E-state index in [0.29, 0.717) is 23.9 Å². The summed E-state index contributed by atoms with van der Waals surface area (Å²) >= 11 is 0. The van der Waals surface area contributed by atoms with Gasteiger partial charge < -0.3 is 4.74 Å². The molecule has 0 amide bonds. The first-order chi connectivity index (χ1) is 20.1. The molecular weight excluding hydrogens is 559 g/mol. The van der Waals surface area contributed by atoms with Gasteiger partial charge in [-0.15, -0.1) is 0 Å². The van der Waals surface area contributed by atoms with E-state index in [9.17, 15) is 30.7 Å². The molecule has 0 N–H and O–H groups in total. The normalized spacial score (nSPS) is 10.9. The van der Waals surface area contributed by atoms with Crippen LogP contribution in [-0.4, -0.2) is 4.98 Å². The maximum Gasteiger partial charge on any atom is 0.429 e. The molecule has 0 saturated carbocycles. The topological polar surface area (TPSA) is 22.1 Å². The van der Waals surface area contributed by atoms with Crippen LogP contribution in [0.15, 0.2) is 66.9 Å². The van der Waals surface area contributed by atoms with Crippen molar-refractivity contribution in [2.75, 3.05) is 0 Å². The van der Waals surface area contributed by atoms with Crippen LogP contribution in [0.3, 0.4) is 0 Å². The second-order valence-electron chi connectivity index (χ2n) is 9.22. The first kappa shape index (κ1) is 30.2. The fourth-order valence-corrected chi connectivity index (χ4v) is 3.82. The number of unbranched alkanes of at least 4 members (excludes halogenated alkanes) is 2. The number of pyridine rings is 1. The highest BCUT2D eigenvalue weighted by Crippen LogP contribution is 2.34.